The summed E-state index contributed by atoms with van der Waals surface area (Å²) in [6.45, 7) is 7.86. The number of hydrogen-bond donors (Lipinski definition) is 1. The maximum Gasteiger partial charge on any atom is 0.0443 e. The molecule has 90 valence electrons. The molecule has 1 atom stereocenters. The lowest BCUT2D eigenvalue weighted by Gasteiger charge is -2.34. The van der Waals surface area contributed by atoms with E-state index in [4.69, 9.17) is 0 Å². The zero-order chi connectivity index (χ0) is 11.5. The van der Waals surface area contributed by atoms with Crippen LogP contribution in [0.4, 0.5) is 0 Å². The summed E-state index contributed by atoms with van der Waals surface area (Å²) in [6, 6.07) is 3.03. The Morgan fingerprint density at radius 2 is 2.19 bits per heavy atom. The Morgan fingerprint density at radius 3 is 2.62 bits per heavy atom. The molecule has 0 aliphatic heterocycles. The lowest BCUT2D eigenvalue weighted by atomic mass is 9.79. The van der Waals surface area contributed by atoms with Crippen LogP contribution in [-0.4, -0.2) is 6.54 Å². The van der Waals surface area contributed by atoms with Crippen molar-refractivity contribution in [2.75, 3.05) is 6.54 Å². The van der Waals surface area contributed by atoms with Gasteiger partial charge < -0.3 is 5.32 Å². The first-order valence-corrected chi connectivity index (χ1v) is 7.34. The maximum atomic E-state index is 3.74. The van der Waals surface area contributed by atoms with Crippen LogP contribution >= 0.6 is 11.3 Å². The maximum absolute atomic E-state index is 3.74. The van der Waals surface area contributed by atoms with Gasteiger partial charge in [-0.15, -0.1) is 11.3 Å². The third-order valence-corrected chi connectivity index (χ3v) is 4.96. The molecule has 0 saturated heterocycles. The molecule has 1 aromatic heterocycles. The Hall–Kier alpha value is -0.340. The molecule has 0 radical (unpaired) electrons. The number of thiophene rings is 1. The van der Waals surface area contributed by atoms with Crippen LogP contribution < -0.4 is 5.32 Å². The number of rotatable bonds is 5. The van der Waals surface area contributed by atoms with Crippen molar-refractivity contribution in [2.24, 2.45) is 5.92 Å². The highest BCUT2D eigenvalue weighted by atomic mass is 32.1. The third-order valence-electron chi connectivity index (χ3n) is 3.73. The molecule has 1 aromatic rings. The summed E-state index contributed by atoms with van der Waals surface area (Å²) in [5.74, 6) is 0.893. The quantitative estimate of drug-likeness (QED) is 0.809. The monoisotopic (exact) mass is 237 g/mol. The molecule has 1 N–H and O–H groups in total. The van der Waals surface area contributed by atoms with Gasteiger partial charge in [-0.2, -0.15) is 0 Å². The van der Waals surface area contributed by atoms with Crippen LogP contribution in [-0.2, 0) is 0 Å². The summed E-state index contributed by atoms with van der Waals surface area (Å²) >= 11 is 1.99. The van der Waals surface area contributed by atoms with Crippen molar-refractivity contribution in [2.45, 2.75) is 52.5 Å². The SMILES string of the molecule is CCCNC(c1cc(C)c(C)s1)C1CCC1. The zero-order valence-electron chi connectivity index (χ0n) is 10.7. The van der Waals surface area contributed by atoms with E-state index >= 15 is 0 Å². The van der Waals surface area contributed by atoms with Crippen LogP contribution in [0.2, 0.25) is 0 Å². The van der Waals surface area contributed by atoms with Gasteiger partial charge in [0.05, 0.1) is 0 Å². The van der Waals surface area contributed by atoms with Gasteiger partial charge in [-0.05, 0) is 57.2 Å². The van der Waals surface area contributed by atoms with Crippen LogP contribution in [0.1, 0.15) is 54.0 Å². The number of aryl methyl sites for hydroxylation is 2. The second-order valence-corrected chi connectivity index (χ2v) is 6.30. The third kappa shape index (κ3) is 2.49. The Bertz CT molecular complexity index is 319. The second kappa shape index (κ2) is 5.33. The normalized spacial score (nSPS) is 18.4. The Balaban J connectivity index is 2.10. The highest BCUT2D eigenvalue weighted by Crippen LogP contribution is 2.40. The van der Waals surface area contributed by atoms with Gasteiger partial charge in [0.1, 0.15) is 0 Å². The first kappa shape index (κ1) is 12.1. The summed E-state index contributed by atoms with van der Waals surface area (Å²) in [4.78, 5) is 3.05. The molecule has 0 aromatic carbocycles. The van der Waals surface area contributed by atoms with Crippen molar-refractivity contribution >= 4 is 11.3 Å². The predicted octanol–water partition coefficient (Wildman–Crippen LogP) is 4.21. The van der Waals surface area contributed by atoms with Crippen molar-refractivity contribution in [3.8, 4) is 0 Å². The van der Waals surface area contributed by atoms with E-state index in [1.165, 1.54) is 36.1 Å². The molecule has 16 heavy (non-hydrogen) atoms. The zero-order valence-corrected chi connectivity index (χ0v) is 11.5. The van der Waals surface area contributed by atoms with E-state index < -0.39 is 0 Å². The molecule has 1 aliphatic carbocycles. The van der Waals surface area contributed by atoms with Gasteiger partial charge in [0.25, 0.3) is 0 Å². The van der Waals surface area contributed by atoms with Crippen LogP contribution in [0.5, 0.6) is 0 Å². The number of hydrogen-bond acceptors (Lipinski definition) is 2. The molecule has 0 bridgehead atoms. The van der Waals surface area contributed by atoms with Crippen LogP contribution in [0.25, 0.3) is 0 Å². The standard InChI is InChI=1S/C14H23NS/c1-4-8-15-14(12-6-5-7-12)13-9-10(2)11(3)16-13/h9,12,14-15H,4-8H2,1-3H3. The molecule has 2 heteroatoms. The summed E-state index contributed by atoms with van der Waals surface area (Å²) in [5, 5.41) is 3.74. The van der Waals surface area contributed by atoms with E-state index in [1.54, 1.807) is 4.88 Å². The molecule has 0 spiro atoms. The highest BCUT2D eigenvalue weighted by molar-refractivity contribution is 7.12. The van der Waals surface area contributed by atoms with Gasteiger partial charge in [-0.3, -0.25) is 0 Å². The topological polar surface area (TPSA) is 12.0 Å². The first-order valence-electron chi connectivity index (χ1n) is 6.52. The summed E-state index contributed by atoms with van der Waals surface area (Å²) < 4.78 is 0. The molecule has 2 rings (SSSR count). The predicted molar refractivity (Wildman–Crippen MR) is 72.2 cm³/mol. The van der Waals surface area contributed by atoms with Crippen molar-refractivity contribution in [3.05, 3.63) is 21.4 Å². The van der Waals surface area contributed by atoms with E-state index in [1.807, 2.05) is 11.3 Å². The summed E-state index contributed by atoms with van der Waals surface area (Å²) in [5.41, 5.74) is 1.46. The summed E-state index contributed by atoms with van der Waals surface area (Å²) in [6.07, 6.45) is 5.49. The minimum Gasteiger partial charge on any atom is -0.309 e. The fourth-order valence-corrected chi connectivity index (χ4v) is 3.54. The minimum absolute atomic E-state index is 0.631. The molecule has 1 fully saturated rings. The number of nitrogens with one attached hydrogen (secondary N) is 1. The average Bonchev–Trinajstić information content (AvgIpc) is 2.50. The van der Waals surface area contributed by atoms with E-state index in [0.29, 0.717) is 6.04 Å². The second-order valence-electron chi connectivity index (χ2n) is 5.01. The Kier molecular flexibility index (Phi) is 4.04. The van der Waals surface area contributed by atoms with Crippen LogP contribution in [0.3, 0.4) is 0 Å². The highest BCUT2D eigenvalue weighted by Gasteiger charge is 2.29. The fourth-order valence-electron chi connectivity index (χ4n) is 2.33. The van der Waals surface area contributed by atoms with Crippen molar-refractivity contribution in [1.82, 2.24) is 5.32 Å². The molecular formula is C14H23NS. The molecule has 1 saturated carbocycles. The smallest absolute Gasteiger partial charge is 0.0443 e. The Morgan fingerprint density at radius 1 is 1.44 bits per heavy atom. The molecule has 1 nitrogen and oxygen atoms in total. The van der Waals surface area contributed by atoms with Crippen molar-refractivity contribution < 1.29 is 0 Å². The fraction of sp³-hybridized carbons (Fsp3) is 0.714. The van der Waals surface area contributed by atoms with Crippen molar-refractivity contribution in [3.63, 3.8) is 0 Å². The van der Waals surface area contributed by atoms with E-state index in [9.17, 15) is 0 Å². The molecule has 0 amide bonds. The minimum atomic E-state index is 0.631. The van der Waals surface area contributed by atoms with Gasteiger partial charge in [0, 0.05) is 15.8 Å². The molecule has 1 unspecified atom stereocenters. The van der Waals surface area contributed by atoms with Crippen molar-refractivity contribution in [1.29, 1.82) is 0 Å². The van der Waals surface area contributed by atoms with Gasteiger partial charge in [-0.25, -0.2) is 0 Å². The average molecular weight is 237 g/mol. The van der Waals surface area contributed by atoms with E-state index in [0.717, 1.165) is 12.5 Å². The lowest BCUT2D eigenvalue weighted by Crippen LogP contribution is -2.32. The summed E-state index contributed by atoms with van der Waals surface area (Å²) in [7, 11) is 0. The van der Waals surface area contributed by atoms with Gasteiger partial charge in [0.15, 0.2) is 0 Å². The van der Waals surface area contributed by atoms with Gasteiger partial charge in [0.2, 0.25) is 0 Å². The lowest BCUT2D eigenvalue weighted by molar-refractivity contribution is 0.234. The molecule has 1 heterocycles. The van der Waals surface area contributed by atoms with Crippen LogP contribution in [0.15, 0.2) is 6.07 Å². The largest absolute Gasteiger partial charge is 0.309 e. The first-order chi connectivity index (χ1) is 7.72. The van der Waals surface area contributed by atoms with Crippen LogP contribution in [0, 0.1) is 19.8 Å². The molecule has 1 aliphatic rings. The van der Waals surface area contributed by atoms with Gasteiger partial charge >= 0.3 is 0 Å². The van der Waals surface area contributed by atoms with E-state index in [2.05, 4.69) is 32.2 Å². The van der Waals surface area contributed by atoms with Gasteiger partial charge in [-0.1, -0.05) is 13.3 Å². The molecular weight excluding hydrogens is 214 g/mol. The Labute approximate surface area is 103 Å². The van der Waals surface area contributed by atoms with E-state index in [-0.39, 0.29) is 0 Å².